The van der Waals surface area contributed by atoms with E-state index >= 15 is 0 Å². The third kappa shape index (κ3) is 7.57. The Balaban J connectivity index is 0.000000178. The molecule has 288 valence electrons. The first-order valence-electron chi connectivity index (χ1n) is 20.9. The average Bonchev–Trinajstić information content (AvgIpc) is 3.31. The Hall–Kier alpha value is -7.28. The predicted molar refractivity (Wildman–Crippen MR) is 259 cm³/mol. The molecule has 0 radical (unpaired) electrons. The summed E-state index contributed by atoms with van der Waals surface area (Å²) in [7, 11) is 0. The van der Waals surface area contributed by atoms with Crippen LogP contribution in [-0.2, 0) is 0 Å². The van der Waals surface area contributed by atoms with Crippen LogP contribution in [0.15, 0.2) is 218 Å². The smallest absolute Gasteiger partial charge is 0.00990 e. The van der Waals surface area contributed by atoms with E-state index < -0.39 is 0 Å². The molecular formula is C60H48. The third-order valence-electron chi connectivity index (χ3n) is 12.1. The topological polar surface area (TPSA) is 0 Å². The SMILES string of the molecule is Cc1c(-c2ccccc2)cc(-c2cc(-c3ccccc3)c(C)c(-c3ccccc3)c2)cc1-c1ccccc1.Cc1ccc(-c2ccc(C)c3ccccc23)c2ccccc12. The van der Waals surface area contributed by atoms with Crippen LogP contribution in [-0.4, -0.2) is 0 Å². The zero-order chi connectivity index (χ0) is 41.0. The molecule has 0 saturated heterocycles. The van der Waals surface area contributed by atoms with E-state index in [9.17, 15) is 0 Å². The molecule has 0 aliphatic heterocycles. The standard InChI is InChI=1S/C38H30.C22H18/c1-27-35(29-15-7-3-8-16-29)23-33(24-36(27)30-17-9-4-10-18-30)34-25-37(31-19-11-5-12-20-31)28(2)38(26-34)32-21-13-6-14-22-32;1-15-11-13-21(19-9-5-3-7-17(15)19)22-14-12-16(2)18-8-4-6-10-20(18)22/h3-26H,1-2H3;3-14H,1-2H3. The van der Waals surface area contributed by atoms with Gasteiger partial charge in [0, 0.05) is 0 Å². The summed E-state index contributed by atoms with van der Waals surface area (Å²) in [6.45, 7) is 8.85. The summed E-state index contributed by atoms with van der Waals surface area (Å²) in [5, 5.41) is 5.34. The van der Waals surface area contributed by atoms with Crippen molar-refractivity contribution in [3.05, 3.63) is 241 Å². The lowest BCUT2D eigenvalue weighted by Gasteiger charge is -2.19. The number of hydrogen-bond donors (Lipinski definition) is 0. The van der Waals surface area contributed by atoms with Gasteiger partial charge in [0.2, 0.25) is 0 Å². The summed E-state index contributed by atoms with van der Waals surface area (Å²) in [6.07, 6.45) is 0. The van der Waals surface area contributed by atoms with Gasteiger partial charge in [-0.2, -0.15) is 0 Å². The van der Waals surface area contributed by atoms with Crippen LogP contribution in [0.3, 0.4) is 0 Å². The Morgan fingerprint density at radius 1 is 0.200 bits per heavy atom. The molecule has 0 aliphatic carbocycles. The third-order valence-corrected chi connectivity index (χ3v) is 12.1. The van der Waals surface area contributed by atoms with Crippen LogP contribution in [0.5, 0.6) is 0 Å². The van der Waals surface area contributed by atoms with Crippen molar-refractivity contribution in [3.63, 3.8) is 0 Å². The molecular weight excluding hydrogens is 721 g/mol. The van der Waals surface area contributed by atoms with Crippen LogP contribution in [0.25, 0.3) is 88.3 Å². The zero-order valence-corrected chi connectivity index (χ0v) is 34.8. The highest BCUT2D eigenvalue weighted by molar-refractivity contribution is 6.07. The fraction of sp³-hybridized carbons (Fsp3) is 0.0667. The van der Waals surface area contributed by atoms with Gasteiger partial charge in [-0.15, -0.1) is 0 Å². The fourth-order valence-corrected chi connectivity index (χ4v) is 8.80. The summed E-state index contributed by atoms with van der Waals surface area (Å²) in [5.74, 6) is 0. The van der Waals surface area contributed by atoms with Crippen molar-refractivity contribution in [1.82, 2.24) is 0 Å². The molecule has 0 heteroatoms. The van der Waals surface area contributed by atoms with Crippen LogP contribution in [0.4, 0.5) is 0 Å². The molecule has 0 bridgehead atoms. The molecule has 10 aromatic rings. The fourth-order valence-electron chi connectivity index (χ4n) is 8.80. The molecule has 0 amide bonds. The summed E-state index contributed by atoms with van der Waals surface area (Å²) >= 11 is 0. The van der Waals surface area contributed by atoms with E-state index in [0.29, 0.717) is 0 Å². The minimum atomic E-state index is 1.22. The van der Waals surface area contributed by atoms with E-state index in [4.69, 9.17) is 0 Å². The number of aryl methyl sites for hydroxylation is 2. The van der Waals surface area contributed by atoms with Crippen molar-refractivity contribution >= 4 is 21.5 Å². The van der Waals surface area contributed by atoms with Gasteiger partial charge in [0.15, 0.2) is 0 Å². The van der Waals surface area contributed by atoms with E-state index in [1.807, 2.05) is 0 Å². The van der Waals surface area contributed by atoms with Gasteiger partial charge in [-0.3, -0.25) is 0 Å². The maximum absolute atomic E-state index is 2.37. The van der Waals surface area contributed by atoms with E-state index in [1.54, 1.807) is 0 Å². The van der Waals surface area contributed by atoms with Gasteiger partial charge in [0.1, 0.15) is 0 Å². The molecule has 0 saturated carbocycles. The minimum Gasteiger partial charge on any atom is -0.0622 e. The lowest BCUT2D eigenvalue weighted by molar-refractivity contribution is 1.42. The first-order chi connectivity index (χ1) is 29.4. The van der Waals surface area contributed by atoms with Crippen molar-refractivity contribution < 1.29 is 0 Å². The second-order valence-electron chi connectivity index (χ2n) is 15.8. The van der Waals surface area contributed by atoms with Gasteiger partial charge < -0.3 is 0 Å². The molecule has 0 N–H and O–H groups in total. The van der Waals surface area contributed by atoms with E-state index in [0.717, 1.165) is 0 Å². The Kier molecular flexibility index (Phi) is 10.8. The molecule has 0 spiro atoms. The van der Waals surface area contributed by atoms with Crippen molar-refractivity contribution in [2.45, 2.75) is 27.7 Å². The van der Waals surface area contributed by atoms with Crippen molar-refractivity contribution in [2.75, 3.05) is 0 Å². The first-order valence-corrected chi connectivity index (χ1v) is 20.9. The molecule has 0 atom stereocenters. The largest absolute Gasteiger partial charge is 0.0622 e. The average molecular weight is 769 g/mol. The molecule has 60 heavy (non-hydrogen) atoms. The lowest BCUT2D eigenvalue weighted by atomic mass is 9.85. The van der Waals surface area contributed by atoms with Crippen LogP contribution < -0.4 is 0 Å². The molecule has 0 unspecified atom stereocenters. The maximum atomic E-state index is 2.37. The molecule has 0 nitrogen and oxygen atoms in total. The van der Waals surface area contributed by atoms with Gasteiger partial charge in [-0.25, -0.2) is 0 Å². The van der Waals surface area contributed by atoms with E-state index in [-0.39, 0.29) is 0 Å². The maximum Gasteiger partial charge on any atom is -0.00990 e. The lowest BCUT2D eigenvalue weighted by Crippen LogP contribution is -1.94. The van der Waals surface area contributed by atoms with E-state index in [1.165, 1.54) is 111 Å². The minimum absolute atomic E-state index is 1.22. The first kappa shape index (κ1) is 38.2. The summed E-state index contributed by atoms with van der Waals surface area (Å²) < 4.78 is 0. The molecule has 0 aliphatic rings. The van der Waals surface area contributed by atoms with E-state index in [2.05, 4.69) is 246 Å². The van der Waals surface area contributed by atoms with Gasteiger partial charge in [0.25, 0.3) is 0 Å². The number of rotatable bonds is 6. The Bertz CT molecular complexity index is 2750. The highest BCUT2D eigenvalue weighted by atomic mass is 14.2. The molecule has 10 aromatic carbocycles. The van der Waals surface area contributed by atoms with Gasteiger partial charge in [-0.05, 0) is 163 Å². The van der Waals surface area contributed by atoms with Gasteiger partial charge >= 0.3 is 0 Å². The Morgan fingerprint density at radius 3 is 0.733 bits per heavy atom. The quantitative estimate of drug-likeness (QED) is 0.158. The number of benzene rings is 10. The normalized spacial score (nSPS) is 11.0. The molecule has 0 aromatic heterocycles. The monoisotopic (exact) mass is 768 g/mol. The van der Waals surface area contributed by atoms with Crippen LogP contribution in [0.2, 0.25) is 0 Å². The molecule has 0 heterocycles. The van der Waals surface area contributed by atoms with Crippen molar-refractivity contribution in [2.24, 2.45) is 0 Å². The Morgan fingerprint density at radius 2 is 0.450 bits per heavy atom. The second kappa shape index (κ2) is 16.9. The van der Waals surface area contributed by atoms with Crippen LogP contribution in [0, 0.1) is 27.7 Å². The molecule has 10 rings (SSSR count). The van der Waals surface area contributed by atoms with Crippen LogP contribution in [0.1, 0.15) is 22.3 Å². The molecule has 0 fully saturated rings. The number of hydrogen-bond acceptors (Lipinski definition) is 0. The second-order valence-corrected chi connectivity index (χ2v) is 15.8. The Labute approximate surface area is 355 Å². The number of fused-ring (bicyclic) bond motifs is 2. The van der Waals surface area contributed by atoms with Crippen molar-refractivity contribution in [1.29, 1.82) is 0 Å². The van der Waals surface area contributed by atoms with Gasteiger partial charge in [0.05, 0.1) is 0 Å². The predicted octanol–water partition coefficient (Wildman–Crippen LogP) is 16.9. The summed E-state index contributed by atoms with van der Waals surface area (Å²) in [6, 6.07) is 78.8. The summed E-state index contributed by atoms with van der Waals surface area (Å²) in [5.41, 5.74) is 20.4. The highest BCUT2D eigenvalue weighted by Gasteiger charge is 2.16. The van der Waals surface area contributed by atoms with Gasteiger partial charge in [-0.1, -0.05) is 194 Å². The zero-order valence-electron chi connectivity index (χ0n) is 34.8. The summed E-state index contributed by atoms with van der Waals surface area (Å²) in [4.78, 5) is 0. The van der Waals surface area contributed by atoms with Crippen molar-refractivity contribution in [3.8, 4) is 66.8 Å². The van der Waals surface area contributed by atoms with Crippen LogP contribution >= 0.6 is 0 Å². The highest BCUT2D eigenvalue weighted by Crippen LogP contribution is 2.41.